The molecule has 4 nitrogen and oxygen atoms in total. The van der Waals surface area contributed by atoms with E-state index in [9.17, 15) is 0 Å². The lowest BCUT2D eigenvalue weighted by Crippen LogP contribution is -2.54. The van der Waals surface area contributed by atoms with Crippen molar-refractivity contribution in [2.24, 2.45) is 5.73 Å². The van der Waals surface area contributed by atoms with E-state index >= 15 is 0 Å². The number of hydrogen-bond donors (Lipinski definition) is 1. The molecule has 1 aliphatic rings. The summed E-state index contributed by atoms with van der Waals surface area (Å²) in [4.78, 5) is 2.40. The molecule has 1 unspecified atom stereocenters. The van der Waals surface area contributed by atoms with Gasteiger partial charge in [-0.1, -0.05) is 18.2 Å². The molecule has 0 spiro atoms. The quantitative estimate of drug-likeness (QED) is 0.901. The highest BCUT2D eigenvalue weighted by Crippen LogP contribution is 2.27. The fourth-order valence-corrected chi connectivity index (χ4v) is 2.54. The lowest BCUT2D eigenvalue weighted by molar-refractivity contribution is -0.0532. The minimum atomic E-state index is -0.0477. The van der Waals surface area contributed by atoms with E-state index in [0.29, 0.717) is 0 Å². The fraction of sp³-hybridized carbons (Fsp3) is 0.600. The van der Waals surface area contributed by atoms with Gasteiger partial charge in [0.25, 0.3) is 0 Å². The molecule has 4 heteroatoms. The Kier molecular flexibility index (Phi) is 4.45. The Morgan fingerprint density at radius 1 is 1.42 bits per heavy atom. The zero-order valence-electron chi connectivity index (χ0n) is 12.1. The summed E-state index contributed by atoms with van der Waals surface area (Å²) in [6.45, 7) is 7.67. The predicted molar refractivity (Wildman–Crippen MR) is 76.4 cm³/mol. The van der Waals surface area contributed by atoms with Crippen LogP contribution in [0.2, 0.25) is 0 Å². The number of ether oxygens (including phenoxy) is 2. The first-order valence-corrected chi connectivity index (χ1v) is 6.76. The molecule has 1 aromatic carbocycles. The van der Waals surface area contributed by atoms with Gasteiger partial charge in [-0.25, -0.2) is 0 Å². The number of nitrogens with two attached hydrogens (primary N) is 1. The third kappa shape index (κ3) is 3.26. The lowest BCUT2D eigenvalue weighted by Gasteiger charge is -2.43. The van der Waals surface area contributed by atoms with E-state index < -0.39 is 0 Å². The van der Waals surface area contributed by atoms with E-state index in [4.69, 9.17) is 15.2 Å². The zero-order chi connectivity index (χ0) is 13.9. The van der Waals surface area contributed by atoms with Crippen molar-refractivity contribution < 1.29 is 9.47 Å². The van der Waals surface area contributed by atoms with Gasteiger partial charge in [-0.05, 0) is 19.9 Å². The molecule has 1 atom stereocenters. The molecule has 0 radical (unpaired) electrons. The summed E-state index contributed by atoms with van der Waals surface area (Å²) in [5.41, 5.74) is 7.46. The number of hydrogen-bond acceptors (Lipinski definition) is 4. The number of methoxy groups -OCH3 is 1. The molecule has 0 saturated carbocycles. The maximum atomic E-state index is 6.36. The summed E-state index contributed by atoms with van der Waals surface area (Å²) in [5.74, 6) is 0.862. The van der Waals surface area contributed by atoms with E-state index in [1.54, 1.807) is 7.11 Å². The standard InChI is InChI=1S/C15H24N2O2/c1-15(2)11-19-9-8-17(15)10-13(16)12-6-4-5-7-14(12)18-3/h4-7,13H,8-11,16H2,1-3H3. The third-order valence-electron chi connectivity index (χ3n) is 3.77. The smallest absolute Gasteiger partial charge is 0.123 e. The van der Waals surface area contributed by atoms with Gasteiger partial charge in [0.15, 0.2) is 0 Å². The van der Waals surface area contributed by atoms with Gasteiger partial charge < -0.3 is 15.2 Å². The molecule has 0 amide bonds. The monoisotopic (exact) mass is 264 g/mol. The second kappa shape index (κ2) is 5.90. The molecule has 2 N–H and O–H groups in total. The normalized spacial score (nSPS) is 21.1. The highest BCUT2D eigenvalue weighted by atomic mass is 16.5. The Bertz CT molecular complexity index is 420. The SMILES string of the molecule is COc1ccccc1C(N)CN1CCOCC1(C)C. The van der Waals surface area contributed by atoms with Gasteiger partial charge >= 0.3 is 0 Å². The molecule has 0 bridgehead atoms. The topological polar surface area (TPSA) is 47.7 Å². The molecule has 19 heavy (non-hydrogen) atoms. The first kappa shape index (κ1) is 14.3. The van der Waals surface area contributed by atoms with Crippen molar-refractivity contribution in [3.63, 3.8) is 0 Å². The summed E-state index contributed by atoms with van der Waals surface area (Å²) in [5, 5.41) is 0. The molecular weight excluding hydrogens is 240 g/mol. The second-order valence-corrected chi connectivity index (χ2v) is 5.66. The summed E-state index contributed by atoms with van der Waals surface area (Å²) < 4.78 is 10.9. The van der Waals surface area contributed by atoms with Crippen molar-refractivity contribution >= 4 is 0 Å². The number of nitrogens with zero attached hydrogens (tertiary/aromatic N) is 1. The Morgan fingerprint density at radius 2 is 2.16 bits per heavy atom. The molecule has 2 rings (SSSR count). The first-order chi connectivity index (χ1) is 9.04. The Balaban J connectivity index is 2.09. The third-order valence-corrected chi connectivity index (χ3v) is 3.77. The molecule has 1 aliphatic heterocycles. The maximum Gasteiger partial charge on any atom is 0.123 e. The number of morpholine rings is 1. The van der Waals surface area contributed by atoms with Crippen molar-refractivity contribution in [3.8, 4) is 5.75 Å². The van der Waals surface area contributed by atoms with E-state index in [-0.39, 0.29) is 11.6 Å². The van der Waals surface area contributed by atoms with Crippen molar-refractivity contribution in [3.05, 3.63) is 29.8 Å². The molecule has 1 heterocycles. The molecule has 106 valence electrons. The molecule has 0 aromatic heterocycles. The molecule has 1 saturated heterocycles. The number of para-hydroxylation sites is 1. The highest BCUT2D eigenvalue weighted by Gasteiger charge is 2.31. The van der Waals surface area contributed by atoms with Crippen LogP contribution in [0.4, 0.5) is 0 Å². The van der Waals surface area contributed by atoms with Crippen LogP contribution >= 0.6 is 0 Å². The fourth-order valence-electron chi connectivity index (χ4n) is 2.54. The maximum absolute atomic E-state index is 6.36. The minimum Gasteiger partial charge on any atom is -0.496 e. The van der Waals surface area contributed by atoms with Crippen LogP contribution < -0.4 is 10.5 Å². The highest BCUT2D eigenvalue weighted by molar-refractivity contribution is 5.35. The van der Waals surface area contributed by atoms with E-state index in [0.717, 1.165) is 37.6 Å². The van der Waals surface area contributed by atoms with Gasteiger partial charge in [0, 0.05) is 30.2 Å². The summed E-state index contributed by atoms with van der Waals surface area (Å²) >= 11 is 0. The van der Waals surface area contributed by atoms with Gasteiger partial charge in [-0.3, -0.25) is 4.90 Å². The van der Waals surface area contributed by atoms with Crippen molar-refractivity contribution in [1.29, 1.82) is 0 Å². The first-order valence-electron chi connectivity index (χ1n) is 6.76. The van der Waals surface area contributed by atoms with E-state index in [1.165, 1.54) is 0 Å². The van der Waals surface area contributed by atoms with Crippen LogP contribution in [0.1, 0.15) is 25.5 Å². The van der Waals surface area contributed by atoms with Crippen LogP contribution in [-0.4, -0.2) is 43.9 Å². The Labute approximate surface area is 115 Å². The minimum absolute atomic E-state index is 0.0396. The second-order valence-electron chi connectivity index (χ2n) is 5.66. The van der Waals surface area contributed by atoms with Crippen molar-refractivity contribution in [1.82, 2.24) is 4.90 Å². The van der Waals surface area contributed by atoms with Gasteiger partial charge in [0.2, 0.25) is 0 Å². The van der Waals surface area contributed by atoms with Gasteiger partial charge in [0.1, 0.15) is 5.75 Å². The molecular formula is C15H24N2O2. The van der Waals surface area contributed by atoms with Crippen LogP contribution in [0.15, 0.2) is 24.3 Å². The Hall–Kier alpha value is -1.10. The number of benzene rings is 1. The van der Waals surface area contributed by atoms with Crippen molar-refractivity contribution in [2.75, 3.05) is 33.4 Å². The van der Waals surface area contributed by atoms with E-state index in [2.05, 4.69) is 18.7 Å². The van der Waals surface area contributed by atoms with Crippen LogP contribution in [0.5, 0.6) is 5.75 Å². The summed E-state index contributed by atoms with van der Waals surface area (Å²) in [6.07, 6.45) is 0. The van der Waals surface area contributed by atoms with E-state index in [1.807, 2.05) is 24.3 Å². The van der Waals surface area contributed by atoms with Crippen molar-refractivity contribution in [2.45, 2.75) is 25.4 Å². The van der Waals surface area contributed by atoms with Crippen LogP contribution in [-0.2, 0) is 4.74 Å². The number of rotatable bonds is 4. The lowest BCUT2D eigenvalue weighted by atomic mass is 9.99. The van der Waals surface area contributed by atoms with Gasteiger partial charge in [0.05, 0.1) is 20.3 Å². The zero-order valence-corrected chi connectivity index (χ0v) is 12.1. The average molecular weight is 264 g/mol. The summed E-state index contributed by atoms with van der Waals surface area (Å²) in [7, 11) is 1.68. The van der Waals surface area contributed by atoms with Crippen LogP contribution in [0, 0.1) is 0 Å². The largest absolute Gasteiger partial charge is 0.496 e. The Morgan fingerprint density at radius 3 is 2.84 bits per heavy atom. The van der Waals surface area contributed by atoms with Gasteiger partial charge in [-0.2, -0.15) is 0 Å². The molecule has 0 aliphatic carbocycles. The molecule has 1 aromatic rings. The summed E-state index contributed by atoms with van der Waals surface area (Å²) in [6, 6.07) is 7.92. The van der Waals surface area contributed by atoms with Crippen LogP contribution in [0.25, 0.3) is 0 Å². The average Bonchev–Trinajstić information content (AvgIpc) is 2.41. The van der Waals surface area contributed by atoms with Gasteiger partial charge in [-0.15, -0.1) is 0 Å². The predicted octanol–water partition coefficient (Wildman–Crippen LogP) is 1.81. The molecule has 1 fully saturated rings. The van der Waals surface area contributed by atoms with Crippen LogP contribution in [0.3, 0.4) is 0 Å².